The van der Waals surface area contributed by atoms with Crippen molar-refractivity contribution in [3.05, 3.63) is 23.8 Å². The first kappa shape index (κ1) is 9.59. The van der Waals surface area contributed by atoms with Gasteiger partial charge in [-0.05, 0) is 31.9 Å². The Kier molecular flexibility index (Phi) is 2.25. The van der Waals surface area contributed by atoms with Gasteiger partial charge in [0.05, 0.1) is 6.54 Å². The molecule has 0 saturated heterocycles. The van der Waals surface area contributed by atoms with E-state index in [0.29, 0.717) is 30.1 Å². The summed E-state index contributed by atoms with van der Waals surface area (Å²) in [6.45, 7) is 2.52. The molecular formula is C11H13N3O2. The SMILES string of the molecule is Cc1ccc(-c2nnc(CNC3CC3)o2)o1. The second-order valence-electron chi connectivity index (χ2n) is 4.07. The summed E-state index contributed by atoms with van der Waals surface area (Å²) in [4.78, 5) is 0. The van der Waals surface area contributed by atoms with E-state index in [9.17, 15) is 0 Å². The summed E-state index contributed by atoms with van der Waals surface area (Å²) in [5.74, 6) is 2.52. The van der Waals surface area contributed by atoms with Gasteiger partial charge in [-0.25, -0.2) is 0 Å². The minimum atomic E-state index is 0.445. The van der Waals surface area contributed by atoms with E-state index < -0.39 is 0 Å². The Morgan fingerprint density at radius 2 is 2.19 bits per heavy atom. The van der Waals surface area contributed by atoms with Crippen molar-refractivity contribution in [3.63, 3.8) is 0 Å². The quantitative estimate of drug-likeness (QED) is 0.850. The highest BCUT2D eigenvalue weighted by Crippen LogP contribution is 2.22. The molecule has 1 saturated carbocycles. The van der Waals surface area contributed by atoms with Gasteiger partial charge in [-0.2, -0.15) is 0 Å². The van der Waals surface area contributed by atoms with Crippen LogP contribution in [-0.2, 0) is 6.54 Å². The average Bonchev–Trinajstić information content (AvgIpc) is 2.81. The standard InChI is InChI=1S/C11H13N3O2/c1-7-2-5-9(15-7)11-14-13-10(16-11)6-12-8-3-4-8/h2,5,8,12H,3-4,6H2,1H3. The number of aryl methyl sites for hydroxylation is 1. The zero-order valence-corrected chi connectivity index (χ0v) is 9.06. The molecule has 3 rings (SSSR count). The van der Waals surface area contributed by atoms with Crippen molar-refractivity contribution in [2.75, 3.05) is 0 Å². The maximum atomic E-state index is 5.48. The van der Waals surface area contributed by atoms with Gasteiger partial charge in [0.25, 0.3) is 5.89 Å². The molecule has 0 aromatic carbocycles. The molecule has 1 fully saturated rings. The molecule has 1 aliphatic carbocycles. The highest BCUT2D eigenvalue weighted by Gasteiger charge is 2.21. The van der Waals surface area contributed by atoms with Crippen LogP contribution in [0.5, 0.6) is 0 Å². The summed E-state index contributed by atoms with van der Waals surface area (Å²) in [6.07, 6.45) is 2.50. The van der Waals surface area contributed by atoms with Gasteiger partial charge in [0.15, 0.2) is 5.76 Å². The van der Waals surface area contributed by atoms with Gasteiger partial charge in [0.1, 0.15) is 5.76 Å². The number of hydrogen-bond donors (Lipinski definition) is 1. The van der Waals surface area contributed by atoms with Gasteiger partial charge in [-0.1, -0.05) is 0 Å². The largest absolute Gasteiger partial charge is 0.456 e. The smallest absolute Gasteiger partial charge is 0.283 e. The molecule has 84 valence electrons. The third-order valence-corrected chi connectivity index (χ3v) is 2.54. The van der Waals surface area contributed by atoms with Crippen LogP contribution >= 0.6 is 0 Å². The van der Waals surface area contributed by atoms with Crippen LogP contribution < -0.4 is 5.32 Å². The molecule has 0 unspecified atom stereocenters. The Morgan fingerprint density at radius 1 is 1.31 bits per heavy atom. The molecule has 0 amide bonds. The molecule has 0 aliphatic heterocycles. The molecule has 2 aromatic rings. The van der Waals surface area contributed by atoms with Crippen LogP contribution in [-0.4, -0.2) is 16.2 Å². The number of hydrogen-bond acceptors (Lipinski definition) is 5. The van der Waals surface area contributed by atoms with Gasteiger partial charge in [-0.15, -0.1) is 10.2 Å². The lowest BCUT2D eigenvalue weighted by molar-refractivity contribution is 0.455. The third kappa shape index (κ3) is 1.99. The summed E-state index contributed by atoms with van der Waals surface area (Å²) in [7, 11) is 0. The van der Waals surface area contributed by atoms with E-state index in [1.807, 2.05) is 19.1 Å². The van der Waals surface area contributed by atoms with Crippen molar-refractivity contribution in [1.82, 2.24) is 15.5 Å². The number of aromatic nitrogens is 2. The molecular weight excluding hydrogens is 206 g/mol. The monoisotopic (exact) mass is 219 g/mol. The number of furan rings is 1. The predicted octanol–water partition coefficient (Wildman–Crippen LogP) is 1.89. The summed E-state index contributed by atoms with van der Waals surface area (Å²) in [5.41, 5.74) is 0. The fourth-order valence-corrected chi connectivity index (χ4v) is 1.49. The Hall–Kier alpha value is -1.62. The molecule has 2 aromatic heterocycles. The highest BCUT2D eigenvalue weighted by molar-refractivity contribution is 5.43. The van der Waals surface area contributed by atoms with Gasteiger partial charge >= 0.3 is 0 Å². The fraction of sp³-hybridized carbons (Fsp3) is 0.455. The van der Waals surface area contributed by atoms with Crippen LogP contribution in [0.25, 0.3) is 11.7 Å². The first-order chi connectivity index (χ1) is 7.81. The van der Waals surface area contributed by atoms with Crippen LogP contribution in [0.2, 0.25) is 0 Å². The van der Waals surface area contributed by atoms with Crippen molar-refractivity contribution >= 4 is 0 Å². The minimum absolute atomic E-state index is 0.445. The van der Waals surface area contributed by atoms with E-state index in [-0.39, 0.29) is 0 Å². The van der Waals surface area contributed by atoms with E-state index in [1.54, 1.807) is 0 Å². The lowest BCUT2D eigenvalue weighted by atomic mass is 10.4. The molecule has 0 spiro atoms. The third-order valence-electron chi connectivity index (χ3n) is 2.54. The first-order valence-electron chi connectivity index (χ1n) is 5.44. The van der Waals surface area contributed by atoms with E-state index in [4.69, 9.17) is 8.83 Å². The Balaban J connectivity index is 1.71. The summed E-state index contributed by atoms with van der Waals surface area (Å²) < 4.78 is 10.9. The summed E-state index contributed by atoms with van der Waals surface area (Å²) in [5, 5.41) is 11.2. The molecule has 5 heteroatoms. The molecule has 0 atom stereocenters. The predicted molar refractivity (Wildman–Crippen MR) is 56.6 cm³/mol. The van der Waals surface area contributed by atoms with Crippen LogP contribution in [0.4, 0.5) is 0 Å². The van der Waals surface area contributed by atoms with Crippen molar-refractivity contribution < 1.29 is 8.83 Å². The second kappa shape index (κ2) is 3.75. The summed E-state index contributed by atoms with van der Waals surface area (Å²) >= 11 is 0. The van der Waals surface area contributed by atoms with Gasteiger partial charge in [0.2, 0.25) is 5.89 Å². The van der Waals surface area contributed by atoms with Crippen LogP contribution in [0, 0.1) is 6.92 Å². The summed E-state index contributed by atoms with van der Waals surface area (Å²) in [6, 6.07) is 4.35. The highest BCUT2D eigenvalue weighted by atomic mass is 16.4. The Labute approximate surface area is 92.9 Å². The van der Waals surface area contributed by atoms with Gasteiger partial charge in [0, 0.05) is 6.04 Å². The van der Waals surface area contributed by atoms with Crippen molar-refractivity contribution in [2.45, 2.75) is 32.4 Å². The fourth-order valence-electron chi connectivity index (χ4n) is 1.49. The molecule has 1 aliphatic rings. The number of nitrogens with zero attached hydrogens (tertiary/aromatic N) is 2. The van der Waals surface area contributed by atoms with Gasteiger partial charge < -0.3 is 14.2 Å². The minimum Gasteiger partial charge on any atom is -0.456 e. The lowest BCUT2D eigenvalue weighted by Gasteiger charge is -1.95. The molecule has 16 heavy (non-hydrogen) atoms. The van der Waals surface area contributed by atoms with Crippen molar-refractivity contribution in [3.8, 4) is 11.7 Å². The van der Waals surface area contributed by atoms with Crippen molar-refractivity contribution in [1.29, 1.82) is 0 Å². The maximum Gasteiger partial charge on any atom is 0.283 e. The average molecular weight is 219 g/mol. The topological polar surface area (TPSA) is 64.1 Å². The molecule has 0 bridgehead atoms. The van der Waals surface area contributed by atoms with E-state index in [1.165, 1.54) is 12.8 Å². The van der Waals surface area contributed by atoms with E-state index in [2.05, 4.69) is 15.5 Å². The Bertz CT molecular complexity index is 485. The molecule has 0 radical (unpaired) electrons. The zero-order chi connectivity index (χ0) is 11.0. The molecule has 1 N–H and O–H groups in total. The van der Waals surface area contributed by atoms with E-state index >= 15 is 0 Å². The van der Waals surface area contributed by atoms with E-state index in [0.717, 1.165) is 5.76 Å². The van der Waals surface area contributed by atoms with Crippen LogP contribution in [0.15, 0.2) is 21.0 Å². The number of nitrogens with one attached hydrogen (secondary N) is 1. The number of rotatable bonds is 4. The van der Waals surface area contributed by atoms with Crippen LogP contribution in [0.1, 0.15) is 24.5 Å². The molecule has 2 heterocycles. The van der Waals surface area contributed by atoms with Crippen molar-refractivity contribution in [2.24, 2.45) is 0 Å². The van der Waals surface area contributed by atoms with Crippen LogP contribution in [0.3, 0.4) is 0 Å². The normalized spacial score (nSPS) is 15.6. The maximum absolute atomic E-state index is 5.48. The molecule has 5 nitrogen and oxygen atoms in total. The zero-order valence-electron chi connectivity index (χ0n) is 9.06. The second-order valence-corrected chi connectivity index (χ2v) is 4.07. The van der Waals surface area contributed by atoms with Gasteiger partial charge in [-0.3, -0.25) is 0 Å². The lowest BCUT2D eigenvalue weighted by Crippen LogP contribution is -2.15. The Morgan fingerprint density at radius 3 is 2.88 bits per heavy atom. The first-order valence-corrected chi connectivity index (χ1v) is 5.44.